The van der Waals surface area contributed by atoms with Gasteiger partial charge in [-0.3, -0.25) is 4.52 Å². The fourth-order valence-corrected chi connectivity index (χ4v) is 2.30. The van der Waals surface area contributed by atoms with Crippen molar-refractivity contribution in [1.82, 2.24) is 0 Å². The van der Waals surface area contributed by atoms with Gasteiger partial charge >= 0.3 is 7.82 Å². The Hall–Kier alpha value is -0.0900. The Balaban J connectivity index is 2.54. The van der Waals surface area contributed by atoms with E-state index in [-0.39, 0.29) is 0 Å². The molecule has 1 aliphatic rings. The van der Waals surface area contributed by atoms with Gasteiger partial charge in [0.1, 0.15) is 18.3 Å². The molecule has 0 spiro atoms. The van der Waals surface area contributed by atoms with E-state index in [0.717, 1.165) is 19.3 Å². The smallest absolute Gasteiger partial charge is 0.388 e. The Labute approximate surface area is 123 Å². The van der Waals surface area contributed by atoms with Crippen LogP contribution in [0.3, 0.4) is 0 Å². The summed E-state index contributed by atoms with van der Waals surface area (Å²) < 4.78 is 25.7. The Kier molecular flexibility index (Phi) is 7.69. The number of hydrogen-bond acceptors (Lipinski definition) is 7. The number of phosphoric acid groups is 1. The van der Waals surface area contributed by atoms with Crippen LogP contribution in [0.15, 0.2) is 0 Å². The number of hydrogen-bond donors (Lipinski definition) is 5. The van der Waals surface area contributed by atoms with Crippen molar-refractivity contribution in [3.63, 3.8) is 0 Å². The number of aliphatic hydroxyl groups is 2. The number of ether oxygens (including phenoxy) is 2. The van der Waals surface area contributed by atoms with Gasteiger partial charge in [0, 0.05) is 6.61 Å². The summed E-state index contributed by atoms with van der Waals surface area (Å²) in [7, 11) is -4.69. The molecule has 1 unspecified atom stereocenters. The van der Waals surface area contributed by atoms with Crippen molar-refractivity contribution in [1.29, 1.82) is 0 Å². The summed E-state index contributed by atoms with van der Waals surface area (Å²) in [4.78, 5) is 17.3. The third-order valence-corrected chi connectivity index (χ3v) is 3.67. The summed E-state index contributed by atoms with van der Waals surface area (Å²) in [5, 5.41) is 19.6. The van der Waals surface area contributed by atoms with Gasteiger partial charge in [-0.05, 0) is 6.42 Å². The molecule has 21 heavy (non-hydrogen) atoms. The van der Waals surface area contributed by atoms with Crippen molar-refractivity contribution in [2.24, 2.45) is 5.73 Å². The van der Waals surface area contributed by atoms with E-state index in [1.807, 2.05) is 6.92 Å². The van der Waals surface area contributed by atoms with Crippen molar-refractivity contribution in [2.75, 3.05) is 13.2 Å². The summed E-state index contributed by atoms with van der Waals surface area (Å²) >= 11 is 0. The number of nitrogens with two attached hydrogens (primary N) is 1. The van der Waals surface area contributed by atoms with E-state index in [1.165, 1.54) is 0 Å². The van der Waals surface area contributed by atoms with Crippen LogP contribution in [-0.2, 0) is 18.6 Å². The summed E-state index contributed by atoms with van der Waals surface area (Å²) in [5.74, 6) is 0. The lowest BCUT2D eigenvalue weighted by molar-refractivity contribution is -0.264. The lowest BCUT2D eigenvalue weighted by Crippen LogP contribution is -2.62. The molecule has 1 fully saturated rings. The summed E-state index contributed by atoms with van der Waals surface area (Å²) in [6, 6.07) is -0.951. The molecule has 0 amide bonds. The normalized spacial score (nSPS) is 34.1. The molecule has 10 heteroatoms. The molecule has 0 aliphatic carbocycles. The predicted octanol–water partition coefficient (Wildman–Crippen LogP) is -0.924. The Bertz CT molecular complexity index is 351. The number of phosphoric ester groups is 1. The zero-order chi connectivity index (χ0) is 16.0. The highest BCUT2D eigenvalue weighted by Gasteiger charge is 2.43. The van der Waals surface area contributed by atoms with E-state index in [4.69, 9.17) is 25.0 Å². The SMILES string of the molecule is CCCCCOC1O[C@H](COP(=O)(O)O)[C@@H](O)[C@H](O)[C@H]1N. The molecular formula is C11H24NO8P. The van der Waals surface area contributed by atoms with Crippen LogP contribution in [0, 0.1) is 0 Å². The molecule has 0 saturated carbocycles. The van der Waals surface area contributed by atoms with E-state index < -0.39 is 45.1 Å². The molecular weight excluding hydrogens is 305 g/mol. The highest BCUT2D eigenvalue weighted by atomic mass is 31.2. The maximum atomic E-state index is 10.7. The second-order valence-corrected chi connectivity index (χ2v) is 6.21. The zero-order valence-corrected chi connectivity index (χ0v) is 12.8. The summed E-state index contributed by atoms with van der Waals surface area (Å²) in [6.07, 6.45) is -2.07. The van der Waals surface area contributed by atoms with Gasteiger partial charge in [0.25, 0.3) is 0 Å². The maximum absolute atomic E-state index is 10.7. The van der Waals surface area contributed by atoms with Gasteiger partial charge in [-0.25, -0.2) is 4.57 Å². The lowest BCUT2D eigenvalue weighted by atomic mass is 9.98. The minimum atomic E-state index is -4.69. The molecule has 1 rings (SSSR count). The fourth-order valence-electron chi connectivity index (χ4n) is 1.96. The number of aliphatic hydroxyl groups excluding tert-OH is 2. The molecule has 1 heterocycles. The second-order valence-electron chi connectivity index (χ2n) is 4.97. The first-order valence-electron chi connectivity index (χ1n) is 6.85. The van der Waals surface area contributed by atoms with Crippen LogP contribution in [0.5, 0.6) is 0 Å². The largest absolute Gasteiger partial charge is 0.469 e. The van der Waals surface area contributed by atoms with Crippen LogP contribution < -0.4 is 5.73 Å². The van der Waals surface area contributed by atoms with Crippen LogP contribution >= 0.6 is 7.82 Å². The van der Waals surface area contributed by atoms with Crippen molar-refractivity contribution in [3.05, 3.63) is 0 Å². The van der Waals surface area contributed by atoms with Gasteiger partial charge in [-0.1, -0.05) is 19.8 Å². The van der Waals surface area contributed by atoms with Crippen LogP contribution in [0.1, 0.15) is 26.2 Å². The van der Waals surface area contributed by atoms with Crippen LogP contribution in [0.4, 0.5) is 0 Å². The molecule has 0 aromatic heterocycles. The van der Waals surface area contributed by atoms with Gasteiger partial charge in [-0.15, -0.1) is 0 Å². The molecule has 1 aliphatic heterocycles. The van der Waals surface area contributed by atoms with E-state index in [2.05, 4.69) is 4.52 Å². The Morgan fingerprint density at radius 2 is 1.90 bits per heavy atom. The first-order chi connectivity index (χ1) is 9.76. The molecule has 5 atom stereocenters. The van der Waals surface area contributed by atoms with Crippen molar-refractivity contribution >= 4 is 7.82 Å². The second kappa shape index (κ2) is 8.52. The highest BCUT2D eigenvalue weighted by Crippen LogP contribution is 2.36. The van der Waals surface area contributed by atoms with Gasteiger partial charge < -0.3 is 35.2 Å². The summed E-state index contributed by atoms with van der Waals surface area (Å²) in [5.41, 5.74) is 5.72. The molecule has 1 saturated heterocycles. The molecule has 6 N–H and O–H groups in total. The molecule has 9 nitrogen and oxygen atoms in total. The molecule has 126 valence electrons. The standard InChI is InChI=1S/C11H24NO8P/c1-2-3-4-5-18-11-8(12)10(14)9(13)7(20-11)6-19-21(15,16)17/h7-11,13-14H,2-6,12H2,1H3,(H2,15,16,17)/t7-,8-,9-,10-,11?/m1/s1. The van der Waals surface area contributed by atoms with E-state index in [1.54, 1.807) is 0 Å². The van der Waals surface area contributed by atoms with Gasteiger partial charge in [-0.2, -0.15) is 0 Å². The average molecular weight is 329 g/mol. The maximum Gasteiger partial charge on any atom is 0.469 e. The third-order valence-electron chi connectivity index (χ3n) is 3.19. The Morgan fingerprint density at radius 1 is 1.24 bits per heavy atom. The van der Waals surface area contributed by atoms with E-state index >= 15 is 0 Å². The number of unbranched alkanes of at least 4 members (excludes halogenated alkanes) is 2. The molecule has 0 radical (unpaired) electrons. The van der Waals surface area contributed by atoms with Crippen LogP contribution in [0.25, 0.3) is 0 Å². The average Bonchev–Trinajstić information content (AvgIpc) is 2.41. The monoisotopic (exact) mass is 329 g/mol. The molecule has 0 bridgehead atoms. The Morgan fingerprint density at radius 3 is 2.48 bits per heavy atom. The lowest BCUT2D eigenvalue weighted by Gasteiger charge is -2.40. The van der Waals surface area contributed by atoms with Crippen LogP contribution in [0.2, 0.25) is 0 Å². The minimum absolute atomic E-state index is 0.376. The topological polar surface area (TPSA) is 152 Å². The minimum Gasteiger partial charge on any atom is -0.388 e. The number of rotatable bonds is 8. The zero-order valence-electron chi connectivity index (χ0n) is 11.9. The van der Waals surface area contributed by atoms with Crippen LogP contribution in [-0.4, -0.2) is 63.9 Å². The first-order valence-corrected chi connectivity index (χ1v) is 8.38. The highest BCUT2D eigenvalue weighted by molar-refractivity contribution is 7.46. The molecule has 0 aromatic rings. The predicted molar refractivity (Wildman–Crippen MR) is 72.1 cm³/mol. The van der Waals surface area contributed by atoms with Gasteiger partial charge in [0.05, 0.1) is 12.6 Å². The quantitative estimate of drug-likeness (QED) is 0.281. The first kappa shape index (κ1) is 19.0. The summed E-state index contributed by atoms with van der Waals surface area (Å²) in [6.45, 7) is 1.84. The van der Waals surface area contributed by atoms with Crippen molar-refractivity contribution in [3.8, 4) is 0 Å². The molecule has 0 aromatic carbocycles. The van der Waals surface area contributed by atoms with Gasteiger partial charge in [0.15, 0.2) is 6.29 Å². The third kappa shape index (κ3) is 6.27. The van der Waals surface area contributed by atoms with Crippen molar-refractivity contribution < 1.29 is 38.6 Å². The van der Waals surface area contributed by atoms with Gasteiger partial charge in [0.2, 0.25) is 0 Å². The fraction of sp³-hybridized carbons (Fsp3) is 1.00. The van der Waals surface area contributed by atoms with E-state index in [0.29, 0.717) is 6.61 Å². The van der Waals surface area contributed by atoms with Crippen molar-refractivity contribution in [2.45, 2.75) is 56.8 Å². The van der Waals surface area contributed by atoms with E-state index in [9.17, 15) is 14.8 Å².